The second-order valence-corrected chi connectivity index (χ2v) is 6.10. The summed E-state index contributed by atoms with van der Waals surface area (Å²) in [6.07, 6.45) is 7.36. The fourth-order valence-corrected chi connectivity index (χ4v) is 2.42. The van der Waals surface area contributed by atoms with Crippen LogP contribution in [0.15, 0.2) is 35.5 Å². The topological polar surface area (TPSA) is 115 Å². The molecule has 0 heterocycles. The van der Waals surface area contributed by atoms with Crippen LogP contribution >= 0.6 is 0 Å². The first-order chi connectivity index (χ1) is 11.2. The van der Waals surface area contributed by atoms with Crippen LogP contribution in [-0.2, 0) is 9.59 Å². The maximum atomic E-state index is 10.8. The van der Waals surface area contributed by atoms with Gasteiger partial charge in [0.1, 0.15) is 5.92 Å². The normalized spacial score (nSPS) is 16.9. The van der Waals surface area contributed by atoms with Gasteiger partial charge < -0.3 is 20.4 Å². The van der Waals surface area contributed by atoms with E-state index in [9.17, 15) is 14.7 Å². The second kappa shape index (κ2) is 11.6. The Morgan fingerprint density at radius 2 is 1.75 bits per heavy atom. The maximum absolute atomic E-state index is 10.8. The van der Waals surface area contributed by atoms with Crippen LogP contribution in [-0.4, -0.2) is 45.1 Å². The van der Waals surface area contributed by atoms with Gasteiger partial charge in [-0.05, 0) is 44.6 Å². The summed E-state index contributed by atoms with van der Waals surface area (Å²) in [5.74, 6) is -3.08. The summed E-state index contributed by atoms with van der Waals surface area (Å²) < 4.78 is 0. The number of aliphatic hydroxyl groups is 2. The third kappa shape index (κ3) is 9.97. The molecule has 6 nitrogen and oxygen atoms in total. The van der Waals surface area contributed by atoms with Gasteiger partial charge in [-0.3, -0.25) is 4.79 Å². The molecule has 0 aromatic rings. The quantitative estimate of drug-likeness (QED) is 0.261. The molecule has 0 spiro atoms. The lowest BCUT2D eigenvalue weighted by Gasteiger charge is -2.15. The van der Waals surface area contributed by atoms with Crippen molar-refractivity contribution in [2.45, 2.75) is 46.1 Å². The highest BCUT2D eigenvalue weighted by atomic mass is 16.4. The number of rotatable bonds is 11. The minimum Gasteiger partial charge on any atom is -0.481 e. The lowest BCUT2D eigenvalue weighted by Crippen LogP contribution is -2.31. The van der Waals surface area contributed by atoms with Crippen molar-refractivity contribution >= 4 is 11.9 Å². The molecule has 136 valence electrons. The molecule has 0 bridgehead atoms. The Kier molecular flexibility index (Phi) is 10.7. The molecule has 0 radical (unpaired) electrons. The van der Waals surface area contributed by atoms with Gasteiger partial charge in [-0.25, -0.2) is 4.79 Å². The molecule has 24 heavy (non-hydrogen) atoms. The van der Waals surface area contributed by atoms with Crippen molar-refractivity contribution in [2.75, 3.05) is 6.61 Å². The zero-order chi connectivity index (χ0) is 18.7. The van der Waals surface area contributed by atoms with Crippen molar-refractivity contribution in [3.63, 3.8) is 0 Å². The van der Waals surface area contributed by atoms with E-state index >= 15 is 0 Å². The molecule has 0 amide bonds. The van der Waals surface area contributed by atoms with Crippen LogP contribution in [0.2, 0.25) is 0 Å². The molecule has 0 fully saturated rings. The lowest BCUT2D eigenvalue weighted by atomic mass is 9.97. The van der Waals surface area contributed by atoms with Gasteiger partial charge in [0.2, 0.25) is 0 Å². The minimum absolute atomic E-state index is 0.240. The molecule has 0 saturated heterocycles. The Hall–Kier alpha value is -1.92. The summed E-state index contributed by atoms with van der Waals surface area (Å²) in [7, 11) is 0. The largest absolute Gasteiger partial charge is 0.481 e. The van der Waals surface area contributed by atoms with E-state index in [1.807, 2.05) is 32.1 Å². The molecular formula is C18H28O6. The van der Waals surface area contributed by atoms with Gasteiger partial charge in [-0.15, -0.1) is 0 Å². The monoisotopic (exact) mass is 340 g/mol. The first kappa shape index (κ1) is 22.1. The van der Waals surface area contributed by atoms with Crippen molar-refractivity contribution in [1.29, 1.82) is 0 Å². The van der Waals surface area contributed by atoms with Crippen LogP contribution in [0.5, 0.6) is 0 Å². The van der Waals surface area contributed by atoms with Gasteiger partial charge in [-0.1, -0.05) is 30.7 Å². The molecule has 0 aliphatic heterocycles. The van der Waals surface area contributed by atoms with Crippen molar-refractivity contribution < 1.29 is 30.0 Å². The number of carbonyl (C=O) groups is 2. The summed E-state index contributed by atoms with van der Waals surface area (Å²) in [6, 6.07) is 0. The molecule has 0 rings (SSSR count). The van der Waals surface area contributed by atoms with E-state index in [1.165, 1.54) is 0 Å². The van der Waals surface area contributed by atoms with E-state index in [0.29, 0.717) is 12.0 Å². The van der Waals surface area contributed by atoms with Crippen LogP contribution in [0.4, 0.5) is 0 Å². The summed E-state index contributed by atoms with van der Waals surface area (Å²) in [4.78, 5) is 21.4. The average Bonchev–Trinajstić information content (AvgIpc) is 2.42. The second-order valence-electron chi connectivity index (χ2n) is 6.10. The molecule has 0 unspecified atom stereocenters. The van der Waals surface area contributed by atoms with Gasteiger partial charge in [0, 0.05) is 6.08 Å². The van der Waals surface area contributed by atoms with Gasteiger partial charge in [0.05, 0.1) is 12.7 Å². The van der Waals surface area contributed by atoms with Gasteiger partial charge in [-0.2, -0.15) is 0 Å². The van der Waals surface area contributed by atoms with Crippen LogP contribution in [0, 0.1) is 11.8 Å². The first-order valence-electron chi connectivity index (χ1n) is 7.94. The Morgan fingerprint density at radius 1 is 1.12 bits per heavy atom. The van der Waals surface area contributed by atoms with Gasteiger partial charge >= 0.3 is 11.9 Å². The van der Waals surface area contributed by atoms with E-state index in [1.54, 1.807) is 6.92 Å². The highest BCUT2D eigenvalue weighted by Gasteiger charge is 2.24. The van der Waals surface area contributed by atoms with E-state index in [0.717, 1.165) is 18.1 Å². The molecule has 4 N–H and O–H groups in total. The van der Waals surface area contributed by atoms with E-state index in [-0.39, 0.29) is 12.3 Å². The lowest BCUT2D eigenvalue weighted by molar-refractivity contribution is -0.147. The molecule has 0 aliphatic carbocycles. The summed E-state index contributed by atoms with van der Waals surface area (Å²) >= 11 is 0. The smallest absolute Gasteiger partial charge is 0.328 e. The number of aliphatic hydroxyl groups excluding tert-OH is 2. The summed E-state index contributed by atoms with van der Waals surface area (Å²) in [5.41, 5.74) is 1.75. The number of hydrogen-bond donors (Lipinski definition) is 4. The van der Waals surface area contributed by atoms with Crippen molar-refractivity contribution in [3.05, 3.63) is 35.5 Å². The van der Waals surface area contributed by atoms with Crippen molar-refractivity contribution in [1.82, 2.24) is 0 Å². The van der Waals surface area contributed by atoms with Crippen LogP contribution in [0.1, 0.15) is 40.0 Å². The number of carboxylic acids is 2. The van der Waals surface area contributed by atoms with E-state index in [4.69, 9.17) is 15.3 Å². The number of hydrogen-bond acceptors (Lipinski definition) is 4. The molecular weight excluding hydrogens is 312 g/mol. The summed E-state index contributed by atoms with van der Waals surface area (Å²) in [5, 5.41) is 36.2. The highest BCUT2D eigenvalue weighted by Crippen LogP contribution is 2.16. The van der Waals surface area contributed by atoms with E-state index in [2.05, 4.69) is 0 Å². The fourth-order valence-electron chi connectivity index (χ4n) is 2.42. The SMILES string of the molecule is CC(=C\C(=O)O)/C=C(\C)C[C@H](C)/C=C/CC[C@@H](O)[C@@H](CO)C(=O)O. The predicted molar refractivity (Wildman–Crippen MR) is 91.5 cm³/mol. The zero-order valence-electron chi connectivity index (χ0n) is 14.5. The standard InChI is InChI=1S/C18H28O6/c1-12(8-13(2)9-14(3)10-17(21)22)6-4-5-7-16(20)15(11-19)18(23)24/h4,6,9-10,12,15-16,19-20H,5,7-8,11H2,1-3H3,(H,21,22)(H,23,24)/b6-4+,13-9+,14-10+/t12-,15-,16-/m1/s1. The molecule has 0 aromatic carbocycles. The highest BCUT2D eigenvalue weighted by molar-refractivity contribution is 5.81. The third-order valence-electron chi connectivity index (χ3n) is 3.54. The van der Waals surface area contributed by atoms with Gasteiger partial charge in [0.25, 0.3) is 0 Å². The molecule has 6 heteroatoms. The first-order valence-corrected chi connectivity index (χ1v) is 7.94. The van der Waals surface area contributed by atoms with Crippen LogP contribution in [0.3, 0.4) is 0 Å². The van der Waals surface area contributed by atoms with Crippen molar-refractivity contribution in [3.8, 4) is 0 Å². The number of allylic oxidation sites excluding steroid dienone is 5. The van der Waals surface area contributed by atoms with Crippen LogP contribution in [0.25, 0.3) is 0 Å². The molecule has 3 atom stereocenters. The summed E-state index contributed by atoms with van der Waals surface area (Å²) in [6.45, 7) is 5.11. The fraction of sp³-hybridized carbons (Fsp3) is 0.556. The maximum Gasteiger partial charge on any atom is 0.328 e. The number of carboxylic acid groups (broad SMARTS) is 2. The van der Waals surface area contributed by atoms with Gasteiger partial charge in [0.15, 0.2) is 0 Å². The van der Waals surface area contributed by atoms with E-state index < -0.39 is 30.6 Å². The predicted octanol–water partition coefficient (Wildman–Crippen LogP) is 2.38. The average molecular weight is 340 g/mol. The zero-order valence-corrected chi connectivity index (χ0v) is 14.5. The molecule has 0 aromatic heterocycles. The Balaban J connectivity index is 4.35. The van der Waals surface area contributed by atoms with Crippen molar-refractivity contribution in [2.24, 2.45) is 11.8 Å². The Morgan fingerprint density at radius 3 is 2.25 bits per heavy atom. The third-order valence-corrected chi connectivity index (χ3v) is 3.54. The molecule has 0 aliphatic rings. The Labute approximate surface area is 142 Å². The number of aliphatic carboxylic acids is 2. The Bertz CT molecular complexity index is 504. The molecule has 0 saturated carbocycles. The minimum atomic E-state index is -1.20. The van der Waals surface area contributed by atoms with Crippen LogP contribution < -0.4 is 0 Å².